The minimum atomic E-state index is -2.90. The topological polar surface area (TPSA) is 46.2 Å². The van der Waals surface area contributed by atoms with Crippen molar-refractivity contribution >= 4 is 21.4 Å². The number of hydrogen-bond donors (Lipinski definition) is 1. The van der Waals surface area contributed by atoms with E-state index in [1.54, 1.807) is 6.92 Å². The van der Waals surface area contributed by atoms with E-state index in [9.17, 15) is 8.42 Å². The van der Waals surface area contributed by atoms with Gasteiger partial charge in [-0.1, -0.05) is 44.5 Å². The highest BCUT2D eigenvalue weighted by Gasteiger charge is 2.15. The van der Waals surface area contributed by atoms with Crippen LogP contribution in [0.4, 0.5) is 0 Å². The maximum absolute atomic E-state index is 11.7. The number of sulfone groups is 1. The zero-order valence-electron chi connectivity index (χ0n) is 13.1. The second-order valence-corrected chi connectivity index (χ2v) is 8.69. The summed E-state index contributed by atoms with van der Waals surface area (Å²) in [7, 11) is -2.90. The van der Waals surface area contributed by atoms with Crippen molar-refractivity contribution in [2.24, 2.45) is 5.92 Å². The highest BCUT2D eigenvalue weighted by molar-refractivity contribution is 7.91. The van der Waals surface area contributed by atoms with Crippen molar-refractivity contribution in [3.8, 4) is 0 Å². The molecular formula is C16H26ClNO2S. The van der Waals surface area contributed by atoms with Gasteiger partial charge in [0.05, 0.1) is 5.75 Å². The van der Waals surface area contributed by atoms with E-state index in [0.717, 1.165) is 18.0 Å². The summed E-state index contributed by atoms with van der Waals surface area (Å²) in [5, 5.41) is 4.14. The minimum absolute atomic E-state index is 0.221. The number of halogens is 1. The molecule has 0 saturated carbocycles. The standard InChI is InChI=1S/C16H26ClNO2S/c1-4-21(19,20)10-9-15(12-18-13(2)3)11-14-5-7-16(17)8-6-14/h5-8,13,15,18H,4,9-12H2,1-3H3. The quantitative estimate of drug-likeness (QED) is 0.755. The summed E-state index contributed by atoms with van der Waals surface area (Å²) in [6.45, 7) is 6.74. The van der Waals surface area contributed by atoms with Crippen molar-refractivity contribution in [1.82, 2.24) is 5.32 Å². The predicted octanol–water partition coefficient (Wildman–Crippen LogP) is 3.32. The van der Waals surface area contributed by atoms with Crippen LogP contribution < -0.4 is 5.32 Å². The van der Waals surface area contributed by atoms with Gasteiger partial charge in [-0.05, 0) is 43.0 Å². The van der Waals surface area contributed by atoms with Crippen molar-refractivity contribution in [2.75, 3.05) is 18.1 Å². The van der Waals surface area contributed by atoms with Crippen LogP contribution in [0.15, 0.2) is 24.3 Å². The molecule has 1 N–H and O–H groups in total. The van der Waals surface area contributed by atoms with Gasteiger partial charge in [-0.3, -0.25) is 0 Å². The van der Waals surface area contributed by atoms with Crippen LogP contribution in [0.2, 0.25) is 5.02 Å². The van der Waals surface area contributed by atoms with E-state index in [1.165, 1.54) is 5.56 Å². The van der Waals surface area contributed by atoms with E-state index in [1.807, 2.05) is 24.3 Å². The lowest BCUT2D eigenvalue weighted by Gasteiger charge is -2.19. The molecule has 0 fully saturated rings. The van der Waals surface area contributed by atoms with E-state index >= 15 is 0 Å². The molecule has 21 heavy (non-hydrogen) atoms. The van der Waals surface area contributed by atoms with Gasteiger partial charge in [-0.25, -0.2) is 8.42 Å². The van der Waals surface area contributed by atoms with Gasteiger partial charge in [0.2, 0.25) is 0 Å². The first-order valence-electron chi connectivity index (χ1n) is 7.50. The third-order valence-corrected chi connectivity index (χ3v) is 5.52. The molecule has 1 aromatic carbocycles. The Bertz CT molecular complexity index is 512. The third-order valence-electron chi connectivity index (χ3n) is 3.53. The van der Waals surface area contributed by atoms with Crippen LogP contribution in [0, 0.1) is 5.92 Å². The highest BCUT2D eigenvalue weighted by Crippen LogP contribution is 2.16. The Morgan fingerprint density at radius 2 is 1.81 bits per heavy atom. The minimum Gasteiger partial charge on any atom is -0.314 e. The molecule has 120 valence electrons. The average molecular weight is 332 g/mol. The Morgan fingerprint density at radius 1 is 1.19 bits per heavy atom. The highest BCUT2D eigenvalue weighted by atomic mass is 35.5. The molecule has 1 rings (SSSR count). The Labute approximate surface area is 134 Å². The molecule has 0 radical (unpaired) electrons. The SMILES string of the molecule is CCS(=O)(=O)CCC(CNC(C)C)Cc1ccc(Cl)cc1. The summed E-state index contributed by atoms with van der Waals surface area (Å²) in [5.74, 6) is 0.801. The average Bonchev–Trinajstić information content (AvgIpc) is 2.44. The van der Waals surface area contributed by atoms with E-state index < -0.39 is 9.84 Å². The first kappa shape index (κ1) is 18.5. The van der Waals surface area contributed by atoms with Crippen molar-refractivity contribution in [2.45, 2.75) is 39.7 Å². The molecule has 0 aromatic heterocycles. The Balaban J connectivity index is 2.65. The molecule has 1 unspecified atom stereocenters. The van der Waals surface area contributed by atoms with Crippen LogP contribution in [0.5, 0.6) is 0 Å². The molecule has 0 aliphatic heterocycles. The fraction of sp³-hybridized carbons (Fsp3) is 0.625. The summed E-state index contributed by atoms with van der Waals surface area (Å²) in [6, 6.07) is 8.19. The zero-order valence-corrected chi connectivity index (χ0v) is 14.7. The molecule has 1 atom stereocenters. The van der Waals surface area contributed by atoms with Crippen molar-refractivity contribution in [1.29, 1.82) is 0 Å². The van der Waals surface area contributed by atoms with Gasteiger partial charge in [0, 0.05) is 16.8 Å². The van der Waals surface area contributed by atoms with Crippen LogP contribution in [-0.2, 0) is 16.3 Å². The lowest BCUT2D eigenvalue weighted by Crippen LogP contribution is -2.31. The van der Waals surface area contributed by atoms with E-state index in [-0.39, 0.29) is 11.5 Å². The number of hydrogen-bond acceptors (Lipinski definition) is 3. The molecule has 0 aliphatic rings. The monoisotopic (exact) mass is 331 g/mol. The van der Waals surface area contributed by atoms with Crippen LogP contribution in [-0.4, -0.2) is 32.5 Å². The van der Waals surface area contributed by atoms with Gasteiger partial charge < -0.3 is 5.32 Å². The Morgan fingerprint density at radius 3 is 2.33 bits per heavy atom. The van der Waals surface area contributed by atoms with Gasteiger partial charge in [-0.15, -0.1) is 0 Å². The van der Waals surface area contributed by atoms with E-state index in [4.69, 9.17) is 11.6 Å². The lowest BCUT2D eigenvalue weighted by atomic mass is 9.96. The second kappa shape index (κ2) is 8.76. The lowest BCUT2D eigenvalue weighted by molar-refractivity contribution is 0.435. The van der Waals surface area contributed by atoms with Crippen molar-refractivity contribution in [3.05, 3.63) is 34.9 Å². The summed E-state index contributed by atoms with van der Waals surface area (Å²) in [5.41, 5.74) is 1.20. The molecule has 0 bridgehead atoms. The first-order valence-corrected chi connectivity index (χ1v) is 9.70. The van der Waals surface area contributed by atoms with E-state index in [0.29, 0.717) is 18.4 Å². The second-order valence-electron chi connectivity index (χ2n) is 5.78. The third kappa shape index (κ3) is 7.84. The van der Waals surface area contributed by atoms with E-state index in [2.05, 4.69) is 19.2 Å². The predicted molar refractivity (Wildman–Crippen MR) is 90.7 cm³/mol. The van der Waals surface area contributed by atoms with Gasteiger partial charge in [0.1, 0.15) is 9.84 Å². The molecule has 0 amide bonds. The normalized spacial score (nSPS) is 13.6. The summed E-state index contributed by atoms with van der Waals surface area (Å²) in [6.07, 6.45) is 1.56. The van der Waals surface area contributed by atoms with Gasteiger partial charge >= 0.3 is 0 Å². The molecule has 5 heteroatoms. The fourth-order valence-electron chi connectivity index (χ4n) is 2.12. The van der Waals surface area contributed by atoms with Crippen LogP contribution in [0.25, 0.3) is 0 Å². The number of benzene rings is 1. The number of nitrogens with one attached hydrogen (secondary N) is 1. The van der Waals surface area contributed by atoms with Crippen LogP contribution >= 0.6 is 11.6 Å². The number of rotatable bonds is 9. The summed E-state index contributed by atoms with van der Waals surface area (Å²) < 4.78 is 23.4. The smallest absolute Gasteiger partial charge is 0.150 e. The molecule has 0 spiro atoms. The maximum Gasteiger partial charge on any atom is 0.150 e. The molecule has 1 aromatic rings. The van der Waals surface area contributed by atoms with Gasteiger partial charge in [0.15, 0.2) is 0 Å². The molecular weight excluding hydrogens is 306 g/mol. The Kier molecular flexibility index (Phi) is 7.71. The van der Waals surface area contributed by atoms with Crippen molar-refractivity contribution in [3.63, 3.8) is 0 Å². The largest absolute Gasteiger partial charge is 0.314 e. The molecule has 3 nitrogen and oxygen atoms in total. The van der Waals surface area contributed by atoms with Gasteiger partial charge in [0.25, 0.3) is 0 Å². The summed E-state index contributed by atoms with van der Waals surface area (Å²) in [4.78, 5) is 0. The molecule has 0 heterocycles. The summed E-state index contributed by atoms with van der Waals surface area (Å²) >= 11 is 5.90. The van der Waals surface area contributed by atoms with Crippen LogP contribution in [0.3, 0.4) is 0 Å². The maximum atomic E-state index is 11.7. The fourth-order valence-corrected chi connectivity index (χ4v) is 3.23. The zero-order chi connectivity index (χ0) is 15.9. The molecule has 0 aliphatic carbocycles. The van der Waals surface area contributed by atoms with Gasteiger partial charge in [-0.2, -0.15) is 0 Å². The molecule has 0 saturated heterocycles. The first-order chi connectivity index (χ1) is 9.82. The Hall–Kier alpha value is -0.580. The van der Waals surface area contributed by atoms with Crippen molar-refractivity contribution < 1.29 is 8.42 Å². The van der Waals surface area contributed by atoms with Crippen LogP contribution in [0.1, 0.15) is 32.8 Å².